The van der Waals surface area contributed by atoms with Crippen LogP contribution in [0.4, 0.5) is 61.8 Å². The van der Waals surface area contributed by atoms with Gasteiger partial charge in [-0.15, -0.1) is 0 Å². The number of benzene rings is 3. The molecule has 23 heteroatoms. The second kappa shape index (κ2) is 23.0. The predicted octanol–water partition coefficient (Wildman–Crippen LogP) is 6.42. The van der Waals surface area contributed by atoms with Gasteiger partial charge in [-0.05, 0) is 132 Å². The number of amides is 4. The molecule has 7 fully saturated rings. The molecule has 7 aliphatic rings. The first kappa shape index (κ1) is 52.5. The van der Waals surface area contributed by atoms with Crippen LogP contribution in [0.3, 0.4) is 0 Å². The Labute approximate surface area is 471 Å². The van der Waals surface area contributed by atoms with Crippen molar-refractivity contribution in [1.82, 2.24) is 39.8 Å². The van der Waals surface area contributed by atoms with Gasteiger partial charge in [-0.25, -0.2) is 9.59 Å². The van der Waals surface area contributed by atoms with Crippen LogP contribution in [0, 0.1) is 0 Å². The predicted molar refractivity (Wildman–Crippen MR) is 309 cm³/mol. The second-order valence-corrected chi connectivity index (χ2v) is 22.1. The van der Waals surface area contributed by atoms with E-state index in [4.69, 9.17) is 48.9 Å². The molecule has 13 rings (SSSR count). The lowest BCUT2D eigenvalue weighted by atomic mass is 10.1. The number of urea groups is 2. The van der Waals surface area contributed by atoms with Crippen molar-refractivity contribution >= 4 is 64.3 Å². The largest absolute Gasteiger partial charge is 0.377 e. The average Bonchev–Trinajstić information content (AvgIpc) is 4.00. The fraction of sp³-hybridized carbons (Fsp3) is 0.466. The van der Waals surface area contributed by atoms with Crippen molar-refractivity contribution < 1.29 is 28.5 Å². The summed E-state index contributed by atoms with van der Waals surface area (Å²) in [5.41, 5.74) is 4.26. The molecule has 6 unspecified atom stereocenters. The highest BCUT2D eigenvalue weighted by Gasteiger charge is 2.42. The molecule has 3 aromatic carbocycles. The van der Waals surface area contributed by atoms with E-state index in [1.165, 1.54) is 10.0 Å². The zero-order chi connectivity index (χ0) is 55.0. The smallest absolute Gasteiger partial charge is 0.345 e. The van der Waals surface area contributed by atoms with Crippen LogP contribution in [0.1, 0.15) is 39.5 Å². The van der Waals surface area contributed by atoms with Gasteiger partial charge in [0, 0.05) is 79.9 Å². The number of carbonyl (C=O) groups excluding carboxylic acids is 2. The Morgan fingerprint density at radius 2 is 0.901 bits per heavy atom. The lowest BCUT2D eigenvalue weighted by molar-refractivity contribution is 0.0895. The summed E-state index contributed by atoms with van der Waals surface area (Å²) in [6.07, 6.45) is 7.20. The summed E-state index contributed by atoms with van der Waals surface area (Å²) in [6, 6.07) is 25.5. The van der Waals surface area contributed by atoms with E-state index in [0.717, 1.165) is 57.5 Å². The number of hydrogen-bond donors (Lipinski definition) is 2. The van der Waals surface area contributed by atoms with Crippen LogP contribution in [0.15, 0.2) is 97.3 Å². The first-order valence-electron chi connectivity index (χ1n) is 28.5. The molecule has 0 aliphatic carbocycles. The number of ether oxygens (including phenoxy) is 4. The van der Waals surface area contributed by atoms with Crippen molar-refractivity contribution in [2.24, 2.45) is 0 Å². The minimum absolute atomic E-state index is 0.0512. The SMILES string of the molecule is CC1COCCN1c1nc(-c2ccc(N(C(=O)Nc3ccncc3)N(C(=O)Nc3ccc(N4CCN(C)CC4)cc3)c3ccc(-c4nc(N5CCOCC5C)nc(N5C6CCC5COC6)n4)cc3)cc2)nc(N2C3CCC2COC3)n1. The Morgan fingerprint density at radius 1 is 0.481 bits per heavy atom. The van der Waals surface area contributed by atoms with Crippen molar-refractivity contribution in [1.29, 1.82) is 0 Å². The van der Waals surface area contributed by atoms with E-state index < -0.39 is 12.1 Å². The fourth-order valence-corrected chi connectivity index (χ4v) is 12.2. The molecule has 0 saturated carbocycles. The summed E-state index contributed by atoms with van der Waals surface area (Å²) in [7, 11) is 2.13. The van der Waals surface area contributed by atoms with Gasteiger partial charge in [-0.1, -0.05) is 0 Å². The number of hydrazine groups is 1. The van der Waals surface area contributed by atoms with Gasteiger partial charge < -0.3 is 59.0 Å². The van der Waals surface area contributed by atoms with E-state index in [0.29, 0.717) is 135 Å². The van der Waals surface area contributed by atoms with Crippen LogP contribution in [-0.2, 0) is 18.9 Å². The van der Waals surface area contributed by atoms with Gasteiger partial charge in [-0.3, -0.25) is 4.98 Å². The molecular formula is C58H69N17O6. The summed E-state index contributed by atoms with van der Waals surface area (Å²) in [5.74, 6) is 3.36. The highest BCUT2D eigenvalue weighted by atomic mass is 16.5. The highest BCUT2D eigenvalue weighted by molar-refractivity contribution is 6.13. The van der Waals surface area contributed by atoms with Gasteiger partial charge in [0.05, 0.1) is 100 Å². The van der Waals surface area contributed by atoms with E-state index in [1.807, 2.05) is 60.7 Å². The standard InChI is InChI=1S/C58H69N17O6/c1-38-32-78-30-28-70(38)53-62-51(64-55(66-53)72-47-16-17-48(72)35-80-34-47)40-4-10-45(11-5-40)74(57(76)60-42-8-14-44(15-9-42)69-26-24-68(3)25-27-69)75(58(77)61-43-20-22-59-23-21-43)46-12-6-41(7-13-46)52-63-54(71-29-31-79-33-39(71)2)67-56(65-52)73-49-18-19-50(73)37-81-36-49/h4-15,20-23,38-39,47-50H,16-19,24-37H2,1-3H3,(H,60,76)(H,59,61,77). The van der Waals surface area contributed by atoms with Crippen molar-refractivity contribution in [2.75, 3.05) is 144 Å². The number of piperazine rings is 1. The highest BCUT2D eigenvalue weighted by Crippen LogP contribution is 2.38. The fourth-order valence-electron chi connectivity index (χ4n) is 12.2. The van der Waals surface area contributed by atoms with Crippen molar-refractivity contribution in [3.63, 3.8) is 0 Å². The van der Waals surface area contributed by atoms with Crippen LogP contribution in [0.25, 0.3) is 22.8 Å². The number of likely N-dealkylation sites (N-methyl/N-ethyl adjacent to an activating group) is 1. The Bertz CT molecular complexity index is 3140. The molecular weight excluding hydrogens is 1030 g/mol. The molecule has 4 bridgehead atoms. The molecule has 10 heterocycles. The maximum atomic E-state index is 15.4. The number of rotatable bonds is 11. The molecule has 6 atom stereocenters. The van der Waals surface area contributed by atoms with E-state index in [-0.39, 0.29) is 36.3 Å². The second-order valence-electron chi connectivity index (χ2n) is 22.1. The third kappa shape index (κ3) is 10.9. The van der Waals surface area contributed by atoms with E-state index in [9.17, 15) is 0 Å². The normalized spacial score (nSPS) is 23.8. The molecule has 2 N–H and O–H groups in total. The number of nitrogens with one attached hydrogen (secondary N) is 2. The maximum absolute atomic E-state index is 15.4. The third-order valence-electron chi connectivity index (χ3n) is 16.7. The summed E-state index contributed by atoms with van der Waals surface area (Å²) in [5, 5.41) is 8.86. The number of pyridine rings is 1. The van der Waals surface area contributed by atoms with E-state index in [1.54, 1.807) is 36.7 Å². The lowest BCUT2D eigenvalue weighted by Crippen LogP contribution is -2.53. The van der Waals surface area contributed by atoms with Gasteiger partial charge in [0.25, 0.3) is 0 Å². The molecule has 7 aliphatic heterocycles. The number of nitrogens with zero attached hydrogens (tertiary/aromatic N) is 15. The topological polar surface area (TPSA) is 211 Å². The Hall–Kier alpha value is -7.83. The van der Waals surface area contributed by atoms with E-state index in [2.05, 4.69) is 65.9 Å². The minimum atomic E-state index is -0.612. The van der Waals surface area contributed by atoms with Gasteiger partial charge in [0.15, 0.2) is 11.6 Å². The van der Waals surface area contributed by atoms with Crippen LogP contribution >= 0.6 is 0 Å². The molecule has 0 radical (unpaired) electrons. The van der Waals surface area contributed by atoms with Crippen LogP contribution in [0.5, 0.6) is 0 Å². The molecule has 422 valence electrons. The quantitative estimate of drug-likeness (QED) is 0.134. The Balaban J connectivity index is 0.886. The van der Waals surface area contributed by atoms with Gasteiger partial charge in [0.2, 0.25) is 23.8 Å². The number of carbonyl (C=O) groups is 2. The first-order valence-corrected chi connectivity index (χ1v) is 28.5. The van der Waals surface area contributed by atoms with Crippen molar-refractivity contribution in [3.8, 4) is 22.8 Å². The molecule has 6 aromatic rings. The summed E-state index contributed by atoms with van der Waals surface area (Å²) in [4.78, 5) is 79.1. The van der Waals surface area contributed by atoms with Crippen LogP contribution < -0.4 is 45.2 Å². The maximum Gasteiger partial charge on any atom is 0.345 e. The van der Waals surface area contributed by atoms with Crippen LogP contribution in [-0.4, -0.2) is 187 Å². The monoisotopic (exact) mass is 1100 g/mol. The number of morpholine rings is 4. The molecule has 23 nitrogen and oxygen atoms in total. The Kier molecular flexibility index (Phi) is 14.9. The first-order chi connectivity index (χ1) is 39.7. The number of fused-ring (bicyclic) bond motifs is 4. The third-order valence-corrected chi connectivity index (χ3v) is 16.7. The molecule has 4 amide bonds. The van der Waals surface area contributed by atoms with E-state index >= 15 is 9.59 Å². The molecule has 7 saturated heterocycles. The number of hydrogen-bond acceptors (Lipinski definition) is 19. The zero-order valence-corrected chi connectivity index (χ0v) is 46.1. The Morgan fingerprint density at radius 3 is 1.33 bits per heavy atom. The van der Waals surface area contributed by atoms with Gasteiger partial charge in [0.1, 0.15) is 0 Å². The number of aromatic nitrogens is 7. The summed E-state index contributed by atoms with van der Waals surface area (Å²) < 4.78 is 23.6. The van der Waals surface area contributed by atoms with Gasteiger partial charge >= 0.3 is 12.1 Å². The lowest BCUT2D eigenvalue weighted by Gasteiger charge is -2.37. The molecule has 81 heavy (non-hydrogen) atoms. The average molecular weight is 1100 g/mol. The molecule has 0 spiro atoms. The van der Waals surface area contributed by atoms with Crippen LogP contribution in [0.2, 0.25) is 0 Å². The number of anilines is 9. The summed E-state index contributed by atoms with van der Waals surface area (Å²) in [6.45, 7) is 13.9. The van der Waals surface area contributed by atoms with Gasteiger partial charge in [-0.2, -0.15) is 39.9 Å². The van der Waals surface area contributed by atoms with Crippen molar-refractivity contribution in [2.45, 2.75) is 75.8 Å². The summed E-state index contributed by atoms with van der Waals surface area (Å²) >= 11 is 0. The van der Waals surface area contributed by atoms with Crippen molar-refractivity contribution in [3.05, 3.63) is 97.3 Å². The minimum Gasteiger partial charge on any atom is -0.377 e. The molecule has 3 aromatic heterocycles. The zero-order valence-electron chi connectivity index (χ0n) is 46.1.